The fourth-order valence-electron chi connectivity index (χ4n) is 4.52. The lowest BCUT2D eigenvalue weighted by molar-refractivity contribution is -0.132. The molecule has 1 atom stereocenters. The van der Waals surface area contributed by atoms with Crippen molar-refractivity contribution in [1.82, 2.24) is 20.4 Å². The molecule has 3 N–H and O–H groups in total. The highest BCUT2D eigenvalue weighted by Gasteiger charge is 2.50. The highest BCUT2D eigenvalue weighted by Crippen LogP contribution is 2.35. The lowest BCUT2D eigenvalue weighted by atomic mass is 9.83. The number of carbonyl (C=O) groups is 3. The van der Waals surface area contributed by atoms with Crippen LogP contribution in [0.1, 0.15) is 48.2 Å². The van der Waals surface area contributed by atoms with Gasteiger partial charge in [-0.15, -0.1) is 0 Å². The minimum Gasteiger partial charge on any atom is -0.353 e. The number of hydrogen-bond donors (Lipinski definition) is 3. The first kappa shape index (κ1) is 23.5. The molecule has 2 aromatic rings. The van der Waals surface area contributed by atoms with Crippen molar-refractivity contribution in [3.63, 3.8) is 0 Å². The summed E-state index contributed by atoms with van der Waals surface area (Å²) in [5.74, 6) is -0.0707. The zero-order valence-electron chi connectivity index (χ0n) is 19.6. The van der Waals surface area contributed by atoms with E-state index in [0.29, 0.717) is 31.0 Å². The average molecular weight is 462 g/mol. The molecule has 8 nitrogen and oxygen atoms in total. The van der Waals surface area contributed by atoms with Gasteiger partial charge in [0.05, 0.1) is 13.1 Å². The van der Waals surface area contributed by atoms with E-state index in [1.807, 2.05) is 36.4 Å². The zero-order chi connectivity index (χ0) is 24.3. The molecule has 0 radical (unpaired) electrons. The monoisotopic (exact) mass is 461 g/mol. The van der Waals surface area contributed by atoms with Gasteiger partial charge in [-0.05, 0) is 42.0 Å². The SMILES string of the molecule is CC(C)CCC1(c2ccccc2)NC(=N)N(Cc2cccc(C(=O)N3CCNC(=O)C3)c2)C1=O. The molecule has 4 rings (SSSR count). The van der Waals surface area contributed by atoms with E-state index in [1.165, 1.54) is 9.80 Å². The highest BCUT2D eigenvalue weighted by atomic mass is 16.2. The minimum atomic E-state index is -0.975. The zero-order valence-corrected chi connectivity index (χ0v) is 19.6. The molecule has 3 amide bonds. The number of guanidine groups is 1. The van der Waals surface area contributed by atoms with Gasteiger partial charge in [0.1, 0.15) is 5.54 Å². The predicted molar refractivity (Wildman–Crippen MR) is 129 cm³/mol. The van der Waals surface area contributed by atoms with Crippen LogP contribution in [0.25, 0.3) is 0 Å². The average Bonchev–Trinajstić information content (AvgIpc) is 3.08. The van der Waals surface area contributed by atoms with Crippen LogP contribution in [0.15, 0.2) is 54.6 Å². The number of benzene rings is 2. The first-order chi connectivity index (χ1) is 16.3. The van der Waals surface area contributed by atoms with Crippen LogP contribution >= 0.6 is 0 Å². The third-order valence-corrected chi connectivity index (χ3v) is 6.42. The van der Waals surface area contributed by atoms with Gasteiger partial charge in [-0.2, -0.15) is 0 Å². The summed E-state index contributed by atoms with van der Waals surface area (Å²) in [6.45, 7) is 5.36. The fraction of sp³-hybridized carbons (Fsp3) is 0.385. The molecule has 0 aliphatic carbocycles. The Balaban J connectivity index is 1.56. The van der Waals surface area contributed by atoms with Gasteiger partial charge in [0.15, 0.2) is 5.96 Å². The molecule has 2 aliphatic rings. The summed E-state index contributed by atoms with van der Waals surface area (Å²) >= 11 is 0. The lowest BCUT2D eigenvalue weighted by Gasteiger charge is -2.28. The summed E-state index contributed by atoms with van der Waals surface area (Å²) in [4.78, 5) is 41.3. The topological polar surface area (TPSA) is 106 Å². The summed E-state index contributed by atoms with van der Waals surface area (Å²) in [6, 6.07) is 16.6. The number of rotatable bonds is 7. The van der Waals surface area contributed by atoms with Crippen LogP contribution in [-0.4, -0.2) is 53.1 Å². The fourth-order valence-corrected chi connectivity index (χ4v) is 4.52. The summed E-state index contributed by atoms with van der Waals surface area (Å²) in [5.41, 5.74) is 1.09. The second-order valence-electron chi connectivity index (χ2n) is 9.35. The summed E-state index contributed by atoms with van der Waals surface area (Å²) in [5, 5.41) is 14.5. The number of carbonyl (C=O) groups excluding carboxylic acids is 3. The molecule has 0 bridgehead atoms. The number of nitrogens with zero attached hydrogens (tertiary/aromatic N) is 2. The molecule has 8 heteroatoms. The quantitative estimate of drug-likeness (QED) is 0.589. The van der Waals surface area contributed by atoms with E-state index in [1.54, 1.807) is 18.2 Å². The second-order valence-corrected chi connectivity index (χ2v) is 9.35. The van der Waals surface area contributed by atoms with Gasteiger partial charge in [0, 0.05) is 18.7 Å². The third kappa shape index (κ3) is 4.66. The van der Waals surface area contributed by atoms with Gasteiger partial charge in [-0.3, -0.25) is 24.7 Å². The van der Waals surface area contributed by atoms with Gasteiger partial charge in [0.25, 0.3) is 11.8 Å². The number of piperazine rings is 1. The third-order valence-electron chi connectivity index (χ3n) is 6.42. The summed E-state index contributed by atoms with van der Waals surface area (Å²) in [6.07, 6.45) is 1.42. The molecule has 2 aliphatic heterocycles. The van der Waals surface area contributed by atoms with Crippen molar-refractivity contribution < 1.29 is 14.4 Å². The van der Waals surface area contributed by atoms with E-state index >= 15 is 0 Å². The van der Waals surface area contributed by atoms with Crippen molar-refractivity contribution in [3.8, 4) is 0 Å². The van der Waals surface area contributed by atoms with E-state index in [4.69, 9.17) is 5.41 Å². The molecule has 2 heterocycles. The number of amides is 3. The molecule has 0 saturated carbocycles. The standard InChI is InChI=1S/C26H31N5O3/c1-18(2)11-12-26(21-9-4-3-5-10-21)24(34)31(25(27)29-26)16-19-7-6-8-20(15-19)23(33)30-14-13-28-22(32)17-30/h3-10,15,18H,11-14,16-17H2,1-2H3,(H2,27,29)(H,28,32). The van der Waals surface area contributed by atoms with Crippen molar-refractivity contribution in [2.45, 2.75) is 38.8 Å². The summed E-state index contributed by atoms with van der Waals surface area (Å²) in [7, 11) is 0. The van der Waals surface area contributed by atoms with Crippen molar-refractivity contribution in [2.24, 2.45) is 5.92 Å². The van der Waals surface area contributed by atoms with Crippen LogP contribution in [0, 0.1) is 11.3 Å². The van der Waals surface area contributed by atoms with Gasteiger partial charge >= 0.3 is 0 Å². The minimum absolute atomic E-state index is 0.0394. The Labute approximate surface area is 199 Å². The van der Waals surface area contributed by atoms with Crippen molar-refractivity contribution in [2.75, 3.05) is 19.6 Å². The molecule has 178 valence electrons. The highest BCUT2D eigenvalue weighted by molar-refractivity contribution is 6.08. The molecule has 2 aromatic carbocycles. The van der Waals surface area contributed by atoms with Gasteiger partial charge in [-0.25, -0.2) is 0 Å². The molecule has 0 spiro atoms. The molecule has 2 saturated heterocycles. The van der Waals surface area contributed by atoms with Crippen LogP contribution in [0.5, 0.6) is 0 Å². The van der Waals surface area contributed by atoms with Crippen molar-refractivity contribution >= 4 is 23.7 Å². The Kier molecular flexibility index (Phi) is 6.68. The molecular formula is C26H31N5O3. The Hall–Kier alpha value is -3.68. The van der Waals surface area contributed by atoms with Crippen molar-refractivity contribution in [1.29, 1.82) is 5.41 Å². The van der Waals surface area contributed by atoms with Gasteiger partial charge in [0.2, 0.25) is 5.91 Å². The molecule has 34 heavy (non-hydrogen) atoms. The van der Waals surface area contributed by atoms with E-state index in [0.717, 1.165) is 17.5 Å². The van der Waals surface area contributed by atoms with E-state index in [-0.39, 0.29) is 36.8 Å². The molecular weight excluding hydrogens is 430 g/mol. The van der Waals surface area contributed by atoms with Crippen molar-refractivity contribution in [3.05, 3.63) is 71.3 Å². The van der Waals surface area contributed by atoms with Crippen LogP contribution in [0.3, 0.4) is 0 Å². The molecule has 2 fully saturated rings. The second kappa shape index (κ2) is 9.67. The summed E-state index contributed by atoms with van der Waals surface area (Å²) < 4.78 is 0. The normalized spacial score (nSPS) is 20.5. The lowest BCUT2D eigenvalue weighted by Crippen LogP contribution is -2.50. The first-order valence-corrected chi connectivity index (χ1v) is 11.7. The van der Waals surface area contributed by atoms with E-state index < -0.39 is 5.54 Å². The van der Waals surface area contributed by atoms with E-state index in [9.17, 15) is 14.4 Å². The Bertz CT molecular complexity index is 1100. The molecule has 0 aromatic heterocycles. The predicted octanol–water partition coefficient (Wildman–Crippen LogP) is 2.46. The van der Waals surface area contributed by atoms with Crippen LogP contribution in [0.2, 0.25) is 0 Å². The van der Waals surface area contributed by atoms with Crippen LogP contribution < -0.4 is 10.6 Å². The largest absolute Gasteiger partial charge is 0.353 e. The first-order valence-electron chi connectivity index (χ1n) is 11.7. The maximum atomic E-state index is 13.8. The smallest absolute Gasteiger partial charge is 0.260 e. The van der Waals surface area contributed by atoms with Crippen LogP contribution in [-0.2, 0) is 21.7 Å². The maximum Gasteiger partial charge on any atom is 0.260 e. The Morgan fingerprint density at radius 3 is 2.59 bits per heavy atom. The van der Waals surface area contributed by atoms with Gasteiger partial charge < -0.3 is 15.5 Å². The Morgan fingerprint density at radius 2 is 1.88 bits per heavy atom. The van der Waals surface area contributed by atoms with E-state index in [2.05, 4.69) is 24.5 Å². The number of hydrogen-bond acceptors (Lipinski definition) is 4. The van der Waals surface area contributed by atoms with Gasteiger partial charge in [-0.1, -0.05) is 56.3 Å². The van der Waals surface area contributed by atoms with Crippen LogP contribution in [0.4, 0.5) is 0 Å². The Morgan fingerprint density at radius 1 is 1.12 bits per heavy atom. The number of nitrogens with one attached hydrogen (secondary N) is 3. The molecule has 1 unspecified atom stereocenters. The maximum absolute atomic E-state index is 13.8.